The van der Waals surface area contributed by atoms with E-state index in [1.54, 1.807) is 11.3 Å². The fourth-order valence-corrected chi connectivity index (χ4v) is 2.78. The summed E-state index contributed by atoms with van der Waals surface area (Å²) in [5.41, 5.74) is 9.36. The van der Waals surface area contributed by atoms with Gasteiger partial charge in [0.1, 0.15) is 0 Å². The van der Waals surface area contributed by atoms with Gasteiger partial charge in [-0.2, -0.15) is 0 Å². The zero-order valence-corrected chi connectivity index (χ0v) is 12.1. The molecular weight excluding hydrogens is 242 g/mol. The molecule has 0 aliphatic heterocycles. The van der Waals surface area contributed by atoms with Crippen molar-refractivity contribution in [2.24, 2.45) is 5.73 Å². The van der Waals surface area contributed by atoms with E-state index in [1.165, 1.54) is 5.69 Å². The van der Waals surface area contributed by atoms with Crippen LogP contribution < -0.4 is 10.6 Å². The van der Waals surface area contributed by atoms with E-state index in [4.69, 9.17) is 5.73 Å². The van der Waals surface area contributed by atoms with Crippen LogP contribution >= 0.6 is 11.3 Å². The minimum atomic E-state index is 0.0275. The van der Waals surface area contributed by atoms with Gasteiger partial charge in [0.2, 0.25) is 0 Å². The second kappa shape index (κ2) is 5.08. The topological polar surface area (TPSA) is 42.2 Å². The second-order valence-corrected chi connectivity index (χ2v) is 5.91. The zero-order chi connectivity index (χ0) is 13.3. The minimum Gasteiger partial charge on any atom is -0.378 e. The Morgan fingerprint density at radius 1 is 1.22 bits per heavy atom. The number of aromatic nitrogens is 1. The number of nitrogens with zero attached hydrogens (tertiary/aromatic N) is 2. The molecule has 0 aliphatic carbocycles. The number of anilines is 1. The molecule has 0 bridgehead atoms. The zero-order valence-electron chi connectivity index (χ0n) is 11.3. The highest BCUT2D eigenvalue weighted by Crippen LogP contribution is 2.32. The van der Waals surface area contributed by atoms with Crippen molar-refractivity contribution in [3.63, 3.8) is 0 Å². The van der Waals surface area contributed by atoms with Crippen molar-refractivity contribution in [3.8, 4) is 11.3 Å². The van der Waals surface area contributed by atoms with Crippen LogP contribution in [0.25, 0.3) is 11.3 Å². The van der Waals surface area contributed by atoms with Crippen molar-refractivity contribution in [1.82, 2.24) is 4.98 Å². The highest BCUT2D eigenvalue weighted by atomic mass is 32.1. The van der Waals surface area contributed by atoms with Crippen LogP contribution in [0.4, 0.5) is 5.69 Å². The number of benzene rings is 1. The Labute approximate surface area is 112 Å². The molecule has 0 spiro atoms. The van der Waals surface area contributed by atoms with Crippen LogP contribution in [-0.4, -0.2) is 19.1 Å². The van der Waals surface area contributed by atoms with Gasteiger partial charge < -0.3 is 10.6 Å². The number of nitrogens with two attached hydrogens (primary N) is 1. The summed E-state index contributed by atoms with van der Waals surface area (Å²) in [4.78, 5) is 7.84. The number of aryl methyl sites for hydroxylation is 1. The van der Waals surface area contributed by atoms with E-state index in [0.29, 0.717) is 0 Å². The lowest BCUT2D eigenvalue weighted by Gasteiger charge is -2.13. The Bertz CT molecular complexity index is 526. The molecule has 1 heterocycles. The van der Waals surface area contributed by atoms with Gasteiger partial charge in [0.15, 0.2) is 0 Å². The minimum absolute atomic E-state index is 0.0275. The maximum Gasteiger partial charge on any atom is 0.0905 e. The standard InChI is InChI=1S/C14H19N3S/c1-9(15)14-13(16-10(2)18-14)11-5-7-12(8-6-11)17(3)4/h5-9H,15H2,1-4H3. The predicted octanol–water partition coefficient (Wildman–Crippen LogP) is 3.20. The average molecular weight is 261 g/mol. The maximum absolute atomic E-state index is 6.01. The number of thiazole rings is 1. The Morgan fingerprint density at radius 3 is 2.33 bits per heavy atom. The van der Waals surface area contributed by atoms with E-state index < -0.39 is 0 Å². The Hall–Kier alpha value is -1.39. The number of hydrogen-bond donors (Lipinski definition) is 1. The van der Waals surface area contributed by atoms with Gasteiger partial charge in [-0.05, 0) is 26.0 Å². The molecule has 2 rings (SSSR count). The van der Waals surface area contributed by atoms with Gasteiger partial charge in [0.25, 0.3) is 0 Å². The molecule has 0 aliphatic rings. The van der Waals surface area contributed by atoms with Crippen molar-refractivity contribution in [3.05, 3.63) is 34.2 Å². The van der Waals surface area contributed by atoms with Crippen LogP contribution in [0.3, 0.4) is 0 Å². The molecule has 2 N–H and O–H groups in total. The lowest BCUT2D eigenvalue weighted by atomic mass is 10.1. The van der Waals surface area contributed by atoms with Gasteiger partial charge in [0.05, 0.1) is 10.7 Å². The third kappa shape index (κ3) is 2.54. The Balaban J connectivity index is 2.42. The summed E-state index contributed by atoms with van der Waals surface area (Å²) < 4.78 is 0. The van der Waals surface area contributed by atoms with Crippen molar-refractivity contribution < 1.29 is 0 Å². The van der Waals surface area contributed by atoms with Gasteiger partial charge >= 0.3 is 0 Å². The molecule has 0 radical (unpaired) electrons. The molecule has 1 aromatic carbocycles. The molecule has 96 valence electrons. The van der Waals surface area contributed by atoms with Crippen LogP contribution in [0, 0.1) is 6.92 Å². The molecular formula is C14H19N3S. The Morgan fingerprint density at radius 2 is 1.83 bits per heavy atom. The fraction of sp³-hybridized carbons (Fsp3) is 0.357. The first kappa shape index (κ1) is 13.1. The van der Waals surface area contributed by atoms with Crippen LogP contribution in [-0.2, 0) is 0 Å². The monoisotopic (exact) mass is 261 g/mol. The summed E-state index contributed by atoms with van der Waals surface area (Å²) in [6.45, 7) is 4.03. The SMILES string of the molecule is Cc1nc(-c2ccc(N(C)C)cc2)c(C(C)N)s1. The quantitative estimate of drug-likeness (QED) is 0.922. The van der Waals surface area contributed by atoms with Gasteiger partial charge in [-0.25, -0.2) is 4.98 Å². The third-order valence-corrected chi connectivity index (χ3v) is 4.00. The first-order valence-electron chi connectivity index (χ1n) is 5.99. The number of rotatable bonds is 3. The smallest absolute Gasteiger partial charge is 0.0905 e. The first-order chi connectivity index (χ1) is 8.49. The maximum atomic E-state index is 6.01. The van der Waals surface area contributed by atoms with Crippen LogP contribution in [0.5, 0.6) is 0 Å². The van der Waals surface area contributed by atoms with Gasteiger partial charge in [-0.3, -0.25) is 0 Å². The highest BCUT2D eigenvalue weighted by molar-refractivity contribution is 7.12. The van der Waals surface area contributed by atoms with Crippen LogP contribution in [0.15, 0.2) is 24.3 Å². The average Bonchev–Trinajstić information content (AvgIpc) is 2.71. The summed E-state index contributed by atoms with van der Waals surface area (Å²) >= 11 is 1.68. The summed E-state index contributed by atoms with van der Waals surface area (Å²) in [6.07, 6.45) is 0. The highest BCUT2D eigenvalue weighted by Gasteiger charge is 2.14. The second-order valence-electron chi connectivity index (χ2n) is 4.68. The lowest BCUT2D eigenvalue weighted by molar-refractivity contribution is 0.837. The summed E-state index contributed by atoms with van der Waals surface area (Å²) in [5.74, 6) is 0. The van der Waals surface area contributed by atoms with Crippen LogP contribution in [0.1, 0.15) is 22.9 Å². The van der Waals surface area contributed by atoms with Crippen molar-refractivity contribution in [1.29, 1.82) is 0 Å². The molecule has 1 aromatic heterocycles. The molecule has 2 aromatic rings. The van der Waals surface area contributed by atoms with E-state index in [-0.39, 0.29) is 6.04 Å². The van der Waals surface area contributed by atoms with Gasteiger partial charge in [0, 0.05) is 36.3 Å². The predicted molar refractivity (Wildman–Crippen MR) is 79.2 cm³/mol. The van der Waals surface area contributed by atoms with E-state index in [9.17, 15) is 0 Å². The molecule has 1 atom stereocenters. The Kier molecular flexibility index (Phi) is 3.68. The van der Waals surface area contributed by atoms with Crippen molar-refractivity contribution >= 4 is 17.0 Å². The van der Waals surface area contributed by atoms with Crippen LogP contribution in [0.2, 0.25) is 0 Å². The van der Waals surface area contributed by atoms with Gasteiger partial charge in [-0.15, -0.1) is 11.3 Å². The largest absolute Gasteiger partial charge is 0.378 e. The molecule has 0 fully saturated rings. The molecule has 3 nitrogen and oxygen atoms in total. The number of hydrogen-bond acceptors (Lipinski definition) is 4. The van der Waals surface area contributed by atoms with E-state index >= 15 is 0 Å². The normalized spacial score (nSPS) is 12.5. The molecule has 0 saturated carbocycles. The molecule has 4 heteroatoms. The van der Waals surface area contributed by atoms with Crippen molar-refractivity contribution in [2.75, 3.05) is 19.0 Å². The molecule has 18 heavy (non-hydrogen) atoms. The molecule has 0 amide bonds. The summed E-state index contributed by atoms with van der Waals surface area (Å²) in [5, 5.41) is 1.06. The van der Waals surface area contributed by atoms with Crippen molar-refractivity contribution in [2.45, 2.75) is 19.9 Å². The fourth-order valence-electron chi connectivity index (χ4n) is 1.88. The van der Waals surface area contributed by atoms with E-state index in [2.05, 4.69) is 34.1 Å². The molecule has 1 unspecified atom stereocenters. The van der Waals surface area contributed by atoms with Gasteiger partial charge in [-0.1, -0.05) is 12.1 Å². The first-order valence-corrected chi connectivity index (χ1v) is 6.81. The summed E-state index contributed by atoms with van der Waals surface area (Å²) in [6, 6.07) is 8.45. The third-order valence-electron chi connectivity index (χ3n) is 2.83. The molecule has 0 saturated heterocycles. The van der Waals surface area contributed by atoms with E-state index in [0.717, 1.165) is 21.1 Å². The lowest BCUT2D eigenvalue weighted by Crippen LogP contribution is -2.08. The summed E-state index contributed by atoms with van der Waals surface area (Å²) in [7, 11) is 4.07. The van der Waals surface area contributed by atoms with E-state index in [1.807, 2.05) is 27.9 Å².